The fraction of sp³-hybridized carbons (Fsp3) is 0.600. The summed E-state index contributed by atoms with van der Waals surface area (Å²) in [6, 6.07) is 16.9. The van der Waals surface area contributed by atoms with Crippen LogP contribution in [0.4, 0.5) is 0 Å². The molecule has 1 aliphatic rings. The predicted octanol–water partition coefficient (Wildman–Crippen LogP) is 8.83. The zero-order chi connectivity index (χ0) is 29.6. The molecule has 1 N–H and O–H groups in total. The Morgan fingerprint density at radius 2 is 1.48 bits per heavy atom. The van der Waals surface area contributed by atoms with Gasteiger partial charge in [-0.05, 0) is 115 Å². The number of phenolic OH excluding ortho intramolecular Hbond substituents is 1. The molecule has 220 valence electrons. The fourth-order valence-corrected chi connectivity index (χ4v) is 6.38. The molecule has 0 aliphatic heterocycles. The minimum Gasteiger partial charge on any atom is -0.508 e. The first kappa shape index (κ1) is 31.7. The van der Waals surface area contributed by atoms with Gasteiger partial charge in [0.05, 0.1) is 10.8 Å². The van der Waals surface area contributed by atoms with E-state index in [2.05, 4.69) is 13.8 Å². The quantitative estimate of drug-likeness (QED) is 0.267. The largest absolute Gasteiger partial charge is 0.508 e. The Labute approximate surface area is 241 Å². The summed E-state index contributed by atoms with van der Waals surface area (Å²) in [5, 5.41) is 9.83. The molecule has 2 aromatic rings. The topological polar surface area (TPSA) is 72.8 Å². The molecular weight excluding hydrogens is 500 g/mol. The van der Waals surface area contributed by atoms with Gasteiger partial charge in [-0.1, -0.05) is 62.7 Å². The molecule has 0 heterocycles. The number of aromatic hydroxyl groups is 1. The summed E-state index contributed by atoms with van der Waals surface area (Å²) in [6.07, 6.45) is 7.54. The maximum atomic E-state index is 14.2. The summed E-state index contributed by atoms with van der Waals surface area (Å²) < 4.78 is 12.6. The highest BCUT2D eigenvalue weighted by atomic mass is 16.6. The maximum Gasteiger partial charge on any atom is 0.312 e. The number of carbonyl (C=O) groups excluding carboxylic acids is 2. The Morgan fingerprint density at radius 3 is 2.02 bits per heavy atom. The van der Waals surface area contributed by atoms with Crippen LogP contribution in [-0.4, -0.2) is 22.6 Å². The van der Waals surface area contributed by atoms with Gasteiger partial charge in [0.1, 0.15) is 17.0 Å². The maximum absolute atomic E-state index is 14.2. The van der Waals surface area contributed by atoms with Crippen LogP contribution in [0.3, 0.4) is 0 Å². The van der Waals surface area contributed by atoms with E-state index in [1.54, 1.807) is 12.1 Å². The van der Waals surface area contributed by atoms with Crippen LogP contribution in [-0.2, 0) is 24.7 Å². The van der Waals surface area contributed by atoms with Gasteiger partial charge >= 0.3 is 11.9 Å². The summed E-state index contributed by atoms with van der Waals surface area (Å²) in [6.45, 7) is 13.8. The molecule has 1 aliphatic carbocycles. The summed E-state index contributed by atoms with van der Waals surface area (Å²) in [5.74, 6) is -0.301. The van der Waals surface area contributed by atoms with E-state index in [4.69, 9.17) is 9.47 Å². The Balaban J connectivity index is 1.92. The first-order chi connectivity index (χ1) is 18.8. The van der Waals surface area contributed by atoms with Crippen molar-refractivity contribution in [2.75, 3.05) is 0 Å². The highest BCUT2D eigenvalue weighted by molar-refractivity contribution is 5.81. The number of benzene rings is 2. The summed E-state index contributed by atoms with van der Waals surface area (Å²) in [7, 11) is 0. The molecule has 5 heteroatoms. The molecule has 2 atom stereocenters. The number of hydrogen-bond acceptors (Lipinski definition) is 5. The zero-order valence-corrected chi connectivity index (χ0v) is 25.7. The number of ether oxygens (including phenoxy) is 2. The SMILES string of the molecule is CCC(CC(C)(CC(C)(C)C(=O)OC1(CC)CCCCC1)C(=O)OC(C)(C)c1ccccc1)c1ccc(O)cc1. The third-order valence-electron chi connectivity index (χ3n) is 8.97. The zero-order valence-electron chi connectivity index (χ0n) is 25.7. The monoisotopic (exact) mass is 550 g/mol. The number of phenols is 1. The minimum absolute atomic E-state index is 0.0464. The Kier molecular flexibility index (Phi) is 10.1. The van der Waals surface area contributed by atoms with Crippen LogP contribution in [0.25, 0.3) is 0 Å². The van der Waals surface area contributed by atoms with Crippen LogP contribution < -0.4 is 0 Å². The molecule has 0 spiro atoms. The van der Waals surface area contributed by atoms with E-state index in [9.17, 15) is 14.7 Å². The van der Waals surface area contributed by atoms with Gasteiger partial charge < -0.3 is 14.6 Å². The lowest BCUT2D eigenvalue weighted by molar-refractivity contribution is -0.181. The van der Waals surface area contributed by atoms with Gasteiger partial charge in [0.15, 0.2) is 0 Å². The van der Waals surface area contributed by atoms with Gasteiger partial charge in [0.25, 0.3) is 0 Å². The molecule has 0 aromatic heterocycles. The highest BCUT2D eigenvalue weighted by Crippen LogP contribution is 2.46. The molecule has 1 saturated carbocycles. The third kappa shape index (κ3) is 7.67. The van der Waals surface area contributed by atoms with Crippen molar-refractivity contribution < 1.29 is 24.2 Å². The third-order valence-corrected chi connectivity index (χ3v) is 8.97. The normalized spacial score (nSPS) is 17.9. The molecule has 0 amide bonds. The Bertz CT molecular complexity index is 1110. The second kappa shape index (κ2) is 12.8. The van der Waals surface area contributed by atoms with Crippen LogP contribution in [0.1, 0.15) is 123 Å². The van der Waals surface area contributed by atoms with E-state index in [1.165, 1.54) is 6.42 Å². The van der Waals surface area contributed by atoms with Gasteiger partial charge in [-0.25, -0.2) is 0 Å². The molecule has 5 nitrogen and oxygen atoms in total. The van der Waals surface area contributed by atoms with Crippen LogP contribution in [0.5, 0.6) is 5.75 Å². The standard InChI is InChI=1S/C35H50O5/c1-8-26(27-18-20-29(36)21-19-27)24-34(7,31(38)39-33(5,6)28-16-12-10-13-17-28)25-32(3,4)30(37)40-35(9-2)22-14-11-15-23-35/h10,12-13,16-21,26,36H,8-9,11,14-15,22-25H2,1-7H3. The average molecular weight is 551 g/mol. The van der Waals surface area contributed by atoms with Gasteiger partial charge in [-0.15, -0.1) is 0 Å². The predicted molar refractivity (Wildman–Crippen MR) is 160 cm³/mol. The van der Waals surface area contributed by atoms with Crippen molar-refractivity contribution in [1.82, 2.24) is 0 Å². The van der Waals surface area contributed by atoms with Crippen LogP contribution in [0, 0.1) is 10.8 Å². The van der Waals surface area contributed by atoms with Gasteiger partial charge in [0, 0.05) is 0 Å². The van der Waals surface area contributed by atoms with E-state index >= 15 is 0 Å². The number of carbonyl (C=O) groups is 2. The lowest BCUT2D eigenvalue weighted by atomic mass is 9.68. The van der Waals surface area contributed by atoms with Crippen molar-refractivity contribution >= 4 is 11.9 Å². The van der Waals surface area contributed by atoms with E-state index in [1.807, 2.05) is 77.1 Å². The van der Waals surface area contributed by atoms with E-state index in [0.29, 0.717) is 12.8 Å². The van der Waals surface area contributed by atoms with Crippen LogP contribution >= 0.6 is 0 Å². The molecule has 2 unspecified atom stereocenters. The van der Waals surface area contributed by atoms with Crippen LogP contribution in [0.2, 0.25) is 0 Å². The average Bonchev–Trinajstić information content (AvgIpc) is 2.92. The summed E-state index contributed by atoms with van der Waals surface area (Å²) >= 11 is 0. The summed E-state index contributed by atoms with van der Waals surface area (Å²) in [4.78, 5) is 28.0. The van der Waals surface area contributed by atoms with Crippen molar-refractivity contribution in [3.63, 3.8) is 0 Å². The Morgan fingerprint density at radius 1 is 0.875 bits per heavy atom. The van der Waals surface area contributed by atoms with E-state index in [-0.39, 0.29) is 23.6 Å². The minimum atomic E-state index is -0.959. The number of esters is 2. The second-order valence-corrected chi connectivity index (χ2v) is 13.3. The highest BCUT2D eigenvalue weighted by Gasteiger charge is 2.48. The van der Waals surface area contributed by atoms with Gasteiger partial charge in [-0.3, -0.25) is 9.59 Å². The first-order valence-corrected chi connectivity index (χ1v) is 15.1. The van der Waals surface area contributed by atoms with Crippen molar-refractivity contribution in [3.05, 3.63) is 65.7 Å². The lowest BCUT2D eigenvalue weighted by Gasteiger charge is -2.42. The molecule has 2 aromatic carbocycles. The van der Waals surface area contributed by atoms with Crippen molar-refractivity contribution in [2.45, 2.75) is 123 Å². The summed E-state index contributed by atoms with van der Waals surface area (Å²) in [5.41, 5.74) is -1.13. The van der Waals surface area contributed by atoms with Gasteiger partial charge in [0.2, 0.25) is 0 Å². The molecule has 1 fully saturated rings. The molecule has 40 heavy (non-hydrogen) atoms. The smallest absolute Gasteiger partial charge is 0.312 e. The van der Waals surface area contributed by atoms with E-state index in [0.717, 1.165) is 49.7 Å². The number of hydrogen-bond donors (Lipinski definition) is 1. The van der Waals surface area contributed by atoms with E-state index < -0.39 is 22.0 Å². The molecule has 0 radical (unpaired) electrons. The first-order valence-electron chi connectivity index (χ1n) is 15.1. The van der Waals surface area contributed by atoms with Crippen LogP contribution in [0.15, 0.2) is 54.6 Å². The van der Waals surface area contributed by atoms with Crippen molar-refractivity contribution in [3.8, 4) is 5.75 Å². The molecule has 0 bridgehead atoms. The molecule has 3 rings (SSSR count). The van der Waals surface area contributed by atoms with Crippen molar-refractivity contribution in [2.24, 2.45) is 10.8 Å². The fourth-order valence-electron chi connectivity index (χ4n) is 6.38. The second-order valence-electron chi connectivity index (χ2n) is 13.3. The molecule has 0 saturated heterocycles. The lowest BCUT2D eigenvalue weighted by Crippen LogP contribution is -2.45. The molecular formula is C35H50O5. The van der Waals surface area contributed by atoms with Gasteiger partial charge in [-0.2, -0.15) is 0 Å². The number of rotatable bonds is 12. The Hall–Kier alpha value is -2.82. The van der Waals surface area contributed by atoms with Crippen molar-refractivity contribution in [1.29, 1.82) is 0 Å².